The van der Waals surface area contributed by atoms with Gasteiger partial charge in [-0.3, -0.25) is 9.59 Å². The van der Waals surface area contributed by atoms with Crippen LogP contribution in [-0.4, -0.2) is 24.0 Å². The van der Waals surface area contributed by atoms with Crippen molar-refractivity contribution in [3.05, 3.63) is 35.9 Å². The topological polar surface area (TPSA) is 81.4 Å². The minimum Gasteiger partial charge on any atom is -0.463 e. The second kappa shape index (κ2) is 10.4. The fraction of sp³-hybridized carbons (Fsp3) is 0.579. The molecule has 1 aromatic carbocycles. The average Bonchev–Trinajstić information content (AvgIpc) is 2.54. The summed E-state index contributed by atoms with van der Waals surface area (Å²) in [4.78, 5) is 24.7. The second-order valence-corrected chi connectivity index (χ2v) is 6.84. The first-order valence-electron chi connectivity index (χ1n) is 8.76. The third kappa shape index (κ3) is 7.04. The zero-order valence-electron chi connectivity index (χ0n) is 14.9. The van der Waals surface area contributed by atoms with Crippen molar-refractivity contribution in [1.82, 2.24) is 5.32 Å². The molecule has 6 heteroatoms. The first kappa shape index (κ1) is 21.5. The van der Waals surface area contributed by atoms with Crippen LogP contribution in [0.1, 0.15) is 57.6 Å². The minimum absolute atomic E-state index is 0. The normalized spacial score (nSPS) is 21.1. The lowest BCUT2D eigenvalue weighted by atomic mass is 9.85. The molecule has 0 heterocycles. The van der Waals surface area contributed by atoms with Gasteiger partial charge in [-0.2, -0.15) is 0 Å². The molecule has 1 aliphatic rings. The van der Waals surface area contributed by atoms with Gasteiger partial charge in [0.2, 0.25) is 5.91 Å². The van der Waals surface area contributed by atoms with Gasteiger partial charge in [-0.15, -0.1) is 12.4 Å². The number of nitrogens with two attached hydrogens (primary N) is 1. The van der Waals surface area contributed by atoms with E-state index >= 15 is 0 Å². The Hall–Kier alpha value is -1.59. The van der Waals surface area contributed by atoms with Crippen molar-refractivity contribution in [2.24, 2.45) is 11.7 Å². The number of carbonyl (C=O) groups excluding carboxylic acids is 2. The number of ether oxygens (including phenoxy) is 1. The Morgan fingerprint density at radius 3 is 2.52 bits per heavy atom. The number of carbonyl (C=O) groups is 2. The van der Waals surface area contributed by atoms with Gasteiger partial charge in [-0.25, -0.2) is 0 Å². The summed E-state index contributed by atoms with van der Waals surface area (Å²) in [5, 5.41) is 3.03. The van der Waals surface area contributed by atoms with Crippen molar-refractivity contribution in [2.45, 2.75) is 64.1 Å². The van der Waals surface area contributed by atoms with Gasteiger partial charge in [0.25, 0.3) is 0 Å². The first-order valence-corrected chi connectivity index (χ1v) is 8.76. The van der Waals surface area contributed by atoms with E-state index in [1.54, 1.807) is 0 Å². The van der Waals surface area contributed by atoms with E-state index in [9.17, 15) is 9.59 Å². The monoisotopic (exact) mass is 368 g/mol. The summed E-state index contributed by atoms with van der Waals surface area (Å²) in [5.74, 6) is -0.392. The lowest BCUT2D eigenvalue weighted by Gasteiger charge is -2.28. The quantitative estimate of drug-likeness (QED) is 0.756. The number of hydrogen-bond donors (Lipinski definition) is 2. The molecule has 2 rings (SSSR count). The van der Waals surface area contributed by atoms with Crippen LogP contribution < -0.4 is 11.1 Å². The molecule has 140 valence electrons. The van der Waals surface area contributed by atoms with E-state index in [4.69, 9.17) is 10.5 Å². The van der Waals surface area contributed by atoms with Crippen LogP contribution >= 0.6 is 12.4 Å². The number of rotatable bonds is 6. The summed E-state index contributed by atoms with van der Waals surface area (Å²) >= 11 is 0. The predicted octanol–water partition coefficient (Wildman–Crippen LogP) is 3.12. The number of esters is 1. The van der Waals surface area contributed by atoms with E-state index in [0.29, 0.717) is 6.42 Å². The van der Waals surface area contributed by atoms with Gasteiger partial charge in [0.15, 0.2) is 0 Å². The zero-order chi connectivity index (χ0) is 17.5. The Kier molecular flexibility index (Phi) is 8.93. The Labute approximate surface area is 156 Å². The maximum absolute atomic E-state index is 12.6. The molecule has 3 atom stereocenters. The minimum atomic E-state index is -0.372. The highest BCUT2D eigenvalue weighted by Crippen LogP contribution is 2.25. The smallest absolute Gasteiger partial charge is 0.308 e. The van der Waals surface area contributed by atoms with E-state index in [1.165, 1.54) is 0 Å². The predicted molar refractivity (Wildman–Crippen MR) is 100 cm³/mol. The lowest BCUT2D eigenvalue weighted by molar-refractivity contribution is -0.148. The van der Waals surface area contributed by atoms with E-state index in [1.807, 2.05) is 44.2 Å². The number of hydrogen-bond acceptors (Lipinski definition) is 4. The molecule has 25 heavy (non-hydrogen) atoms. The third-order valence-corrected chi connectivity index (χ3v) is 4.34. The van der Waals surface area contributed by atoms with Gasteiger partial charge in [0.1, 0.15) is 0 Å². The Morgan fingerprint density at radius 2 is 1.92 bits per heavy atom. The maximum Gasteiger partial charge on any atom is 0.308 e. The summed E-state index contributed by atoms with van der Waals surface area (Å²) in [6.07, 6.45) is 3.49. The Morgan fingerprint density at radius 1 is 1.24 bits per heavy atom. The van der Waals surface area contributed by atoms with E-state index in [2.05, 4.69) is 5.32 Å². The molecule has 3 N–H and O–H groups in total. The SMILES string of the molecule is CC(C)OC(=O)CC(NC(=O)C1CCCC(N)C1)c1ccccc1.Cl. The van der Waals surface area contributed by atoms with Crippen LogP contribution in [0, 0.1) is 5.92 Å². The van der Waals surface area contributed by atoms with Crippen molar-refractivity contribution >= 4 is 24.3 Å². The van der Waals surface area contributed by atoms with Crippen LogP contribution in [0.5, 0.6) is 0 Å². The molecule has 0 aromatic heterocycles. The fourth-order valence-corrected chi connectivity index (χ4v) is 3.17. The van der Waals surface area contributed by atoms with Gasteiger partial charge in [0, 0.05) is 12.0 Å². The Balaban J connectivity index is 0.00000312. The number of halogens is 1. The highest BCUT2D eigenvalue weighted by atomic mass is 35.5. The highest BCUT2D eigenvalue weighted by molar-refractivity contribution is 5.85. The van der Waals surface area contributed by atoms with Crippen molar-refractivity contribution < 1.29 is 14.3 Å². The molecule has 5 nitrogen and oxygen atoms in total. The molecule has 1 aliphatic carbocycles. The summed E-state index contributed by atoms with van der Waals surface area (Å²) in [6.45, 7) is 3.63. The van der Waals surface area contributed by atoms with E-state index in [0.717, 1.165) is 24.8 Å². The van der Waals surface area contributed by atoms with Crippen molar-refractivity contribution in [1.29, 1.82) is 0 Å². The van der Waals surface area contributed by atoms with Crippen LogP contribution in [0.15, 0.2) is 30.3 Å². The van der Waals surface area contributed by atoms with Crippen LogP contribution in [-0.2, 0) is 14.3 Å². The van der Waals surface area contributed by atoms with Crippen molar-refractivity contribution in [2.75, 3.05) is 0 Å². The van der Waals surface area contributed by atoms with Gasteiger partial charge in [0.05, 0.1) is 18.6 Å². The van der Waals surface area contributed by atoms with E-state index < -0.39 is 0 Å². The van der Waals surface area contributed by atoms with Crippen LogP contribution in [0.25, 0.3) is 0 Å². The largest absolute Gasteiger partial charge is 0.463 e. The molecule has 1 aromatic rings. The lowest BCUT2D eigenvalue weighted by Crippen LogP contribution is -2.40. The molecule has 3 unspecified atom stereocenters. The van der Waals surface area contributed by atoms with Crippen LogP contribution in [0.3, 0.4) is 0 Å². The van der Waals surface area contributed by atoms with Gasteiger partial charge in [-0.05, 0) is 38.7 Å². The van der Waals surface area contributed by atoms with Gasteiger partial charge in [-0.1, -0.05) is 36.8 Å². The zero-order valence-corrected chi connectivity index (χ0v) is 15.8. The average molecular weight is 369 g/mol. The Bertz CT molecular complexity index is 551. The number of amides is 1. The summed E-state index contributed by atoms with van der Waals surface area (Å²) in [5.41, 5.74) is 6.90. The van der Waals surface area contributed by atoms with Crippen molar-refractivity contribution in [3.63, 3.8) is 0 Å². The summed E-state index contributed by atoms with van der Waals surface area (Å²) in [6, 6.07) is 9.27. The molecule has 1 saturated carbocycles. The number of benzene rings is 1. The molecule has 0 radical (unpaired) electrons. The molecule has 0 spiro atoms. The molecule has 0 saturated heterocycles. The summed E-state index contributed by atoms with van der Waals surface area (Å²) < 4.78 is 5.24. The van der Waals surface area contributed by atoms with E-state index in [-0.39, 0.29) is 54.8 Å². The van der Waals surface area contributed by atoms with Crippen molar-refractivity contribution in [3.8, 4) is 0 Å². The second-order valence-electron chi connectivity index (χ2n) is 6.84. The van der Waals surface area contributed by atoms with Gasteiger partial charge < -0.3 is 15.8 Å². The molecular formula is C19H29ClN2O3. The highest BCUT2D eigenvalue weighted by Gasteiger charge is 2.28. The molecule has 0 aliphatic heterocycles. The fourth-order valence-electron chi connectivity index (χ4n) is 3.17. The molecule has 1 fully saturated rings. The first-order chi connectivity index (χ1) is 11.5. The molecule has 1 amide bonds. The van der Waals surface area contributed by atoms with Gasteiger partial charge >= 0.3 is 5.97 Å². The third-order valence-electron chi connectivity index (χ3n) is 4.34. The molecule has 0 bridgehead atoms. The molecular weight excluding hydrogens is 340 g/mol. The van der Waals surface area contributed by atoms with Crippen LogP contribution in [0.2, 0.25) is 0 Å². The standard InChI is InChI=1S/C19H28N2O3.ClH/c1-13(2)24-18(22)12-17(14-7-4-3-5-8-14)21-19(23)15-9-6-10-16(20)11-15;/h3-5,7-8,13,15-17H,6,9-12,20H2,1-2H3,(H,21,23);1H. The van der Waals surface area contributed by atoms with Crippen LogP contribution in [0.4, 0.5) is 0 Å². The number of nitrogens with one attached hydrogen (secondary N) is 1. The maximum atomic E-state index is 12.6. The summed E-state index contributed by atoms with van der Waals surface area (Å²) in [7, 11) is 0.